The third-order valence-corrected chi connectivity index (χ3v) is 4.70. The highest BCUT2D eigenvalue weighted by Crippen LogP contribution is 2.22. The number of fused-ring (bicyclic) bond motifs is 1. The van der Waals surface area contributed by atoms with Gasteiger partial charge in [0.1, 0.15) is 23.9 Å². The van der Waals surface area contributed by atoms with Crippen molar-refractivity contribution < 1.29 is 14.8 Å². The van der Waals surface area contributed by atoms with E-state index in [1.807, 2.05) is 12.1 Å². The van der Waals surface area contributed by atoms with Crippen LogP contribution in [0.5, 0.6) is 5.75 Å². The van der Waals surface area contributed by atoms with Crippen LogP contribution >= 0.6 is 15.9 Å². The lowest BCUT2D eigenvalue weighted by Crippen LogP contribution is -2.83. The first-order chi connectivity index (χ1) is 11.6. The van der Waals surface area contributed by atoms with Crippen molar-refractivity contribution in [2.45, 2.75) is 25.9 Å². The number of rotatable bonds is 5. The van der Waals surface area contributed by atoms with Gasteiger partial charge < -0.3 is 14.8 Å². The fraction of sp³-hybridized carbons (Fsp3) is 0.211. The lowest BCUT2D eigenvalue weighted by Gasteiger charge is -2.15. The predicted molar refractivity (Wildman–Crippen MR) is 97.0 cm³/mol. The molecule has 1 atom stereocenters. The zero-order valence-corrected chi connectivity index (χ0v) is 14.9. The van der Waals surface area contributed by atoms with Crippen LogP contribution in [0.15, 0.2) is 62.2 Å². The SMILES string of the molecule is CC[C@H]([NH2+]Cc1cc(=O)oc2cc(O)ccc12)c1ccc(Br)cc1. The summed E-state index contributed by atoms with van der Waals surface area (Å²) in [4.78, 5) is 11.8. The molecule has 0 saturated heterocycles. The van der Waals surface area contributed by atoms with Crippen LogP contribution in [0.3, 0.4) is 0 Å². The van der Waals surface area contributed by atoms with Crippen LogP contribution in [0, 0.1) is 0 Å². The van der Waals surface area contributed by atoms with Crippen LogP contribution in [-0.2, 0) is 6.54 Å². The summed E-state index contributed by atoms with van der Waals surface area (Å²) in [5, 5.41) is 12.6. The number of hydrogen-bond donors (Lipinski definition) is 2. The molecule has 3 rings (SSSR count). The summed E-state index contributed by atoms with van der Waals surface area (Å²) in [6, 6.07) is 15.0. The van der Waals surface area contributed by atoms with E-state index < -0.39 is 5.63 Å². The molecule has 0 spiro atoms. The smallest absolute Gasteiger partial charge is 0.336 e. The molecule has 0 bridgehead atoms. The van der Waals surface area contributed by atoms with Gasteiger partial charge in [0.25, 0.3) is 0 Å². The summed E-state index contributed by atoms with van der Waals surface area (Å²) < 4.78 is 6.24. The molecule has 1 aromatic heterocycles. The van der Waals surface area contributed by atoms with E-state index in [9.17, 15) is 9.90 Å². The summed E-state index contributed by atoms with van der Waals surface area (Å²) in [5.41, 5.74) is 2.19. The Bertz CT molecular complexity index is 903. The van der Waals surface area contributed by atoms with E-state index in [4.69, 9.17) is 4.42 Å². The molecule has 3 N–H and O–H groups in total. The number of phenolic OH excluding ortho intramolecular Hbond substituents is 1. The summed E-state index contributed by atoms with van der Waals surface area (Å²) in [7, 11) is 0. The Kier molecular flexibility index (Phi) is 5.02. The average molecular weight is 389 g/mol. The van der Waals surface area contributed by atoms with Crippen LogP contribution < -0.4 is 10.9 Å². The van der Waals surface area contributed by atoms with Gasteiger partial charge in [0, 0.05) is 39.5 Å². The Morgan fingerprint density at radius 2 is 1.92 bits per heavy atom. The van der Waals surface area contributed by atoms with Gasteiger partial charge in [0.05, 0.1) is 0 Å². The minimum Gasteiger partial charge on any atom is -0.508 e. The largest absolute Gasteiger partial charge is 0.508 e. The molecule has 5 heteroatoms. The van der Waals surface area contributed by atoms with Gasteiger partial charge in [0.15, 0.2) is 0 Å². The third kappa shape index (κ3) is 3.68. The minimum atomic E-state index is -0.395. The van der Waals surface area contributed by atoms with Crippen molar-refractivity contribution >= 4 is 26.9 Å². The number of nitrogens with two attached hydrogens (primary N) is 1. The highest BCUT2D eigenvalue weighted by Gasteiger charge is 2.14. The highest BCUT2D eigenvalue weighted by atomic mass is 79.9. The van der Waals surface area contributed by atoms with Gasteiger partial charge in [-0.3, -0.25) is 0 Å². The normalized spacial score (nSPS) is 12.4. The van der Waals surface area contributed by atoms with Crippen LogP contribution in [0.25, 0.3) is 11.0 Å². The number of quaternary nitrogens is 1. The van der Waals surface area contributed by atoms with E-state index in [0.29, 0.717) is 18.2 Å². The summed E-state index contributed by atoms with van der Waals surface area (Å²) in [5.74, 6) is 0.0908. The molecular formula is C19H19BrNO3+. The van der Waals surface area contributed by atoms with Crippen molar-refractivity contribution in [2.24, 2.45) is 0 Å². The van der Waals surface area contributed by atoms with E-state index in [2.05, 4.69) is 40.3 Å². The van der Waals surface area contributed by atoms with Crippen molar-refractivity contribution in [3.63, 3.8) is 0 Å². The number of hydrogen-bond acceptors (Lipinski definition) is 3. The molecule has 0 aliphatic rings. The molecule has 24 heavy (non-hydrogen) atoms. The molecule has 1 heterocycles. The molecule has 3 aromatic rings. The Morgan fingerprint density at radius 3 is 2.62 bits per heavy atom. The van der Waals surface area contributed by atoms with Crippen molar-refractivity contribution in [1.29, 1.82) is 0 Å². The fourth-order valence-corrected chi connectivity index (χ4v) is 3.17. The van der Waals surface area contributed by atoms with Crippen LogP contribution in [0.2, 0.25) is 0 Å². The van der Waals surface area contributed by atoms with Crippen LogP contribution in [-0.4, -0.2) is 5.11 Å². The molecule has 124 valence electrons. The Labute approximate surface area is 148 Å². The van der Waals surface area contributed by atoms with E-state index in [1.54, 1.807) is 12.1 Å². The second-order valence-electron chi connectivity index (χ2n) is 5.78. The molecular weight excluding hydrogens is 370 g/mol. The summed E-state index contributed by atoms with van der Waals surface area (Å²) in [6.07, 6.45) is 0.988. The summed E-state index contributed by atoms with van der Waals surface area (Å²) >= 11 is 3.46. The lowest BCUT2D eigenvalue weighted by atomic mass is 10.0. The quantitative estimate of drug-likeness (QED) is 0.657. The van der Waals surface area contributed by atoms with Crippen molar-refractivity contribution in [3.8, 4) is 5.75 Å². The second kappa shape index (κ2) is 7.20. The zero-order chi connectivity index (χ0) is 17.1. The Morgan fingerprint density at radius 1 is 1.17 bits per heavy atom. The highest BCUT2D eigenvalue weighted by molar-refractivity contribution is 9.10. The topological polar surface area (TPSA) is 67.0 Å². The van der Waals surface area contributed by atoms with Crippen molar-refractivity contribution in [2.75, 3.05) is 0 Å². The van der Waals surface area contributed by atoms with E-state index in [0.717, 1.165) is 21.8 Å². The molecule has 0 amide bonds. The number of benzene rings is 2. The van der Waals surface area contributed by atoms with Crippen molar-refractivity contribution in [1.82, 2.24) is 0 Å². The molecule has 0 unspecified atom stereocenters. The first-order valence-corrected chi connectivity index (χ1v) is 8.70. The lowest BCUT2D eigenvalue weighted by molar-refractivity contribution is -0.711. The van der Waals surface area contributed by atoms with Gasteiger partial charge in [-0.15, -0.1) is 0 Å². The molecule has 0 aliphatic carbocycles. The van der Waals surface area contributed by atoms with Gasteiger partial charge >= 0.3 is 5.63 Å². The number of phenols is 1. The van der Waals surface area contributed by atoms with Gasteiger partial charge in [-0.2, -0.15) is 0 Å². The van der Waals surface area contributed by atoms with Gasteiger partial charge in [0.2, 0.25) is 0 Å². The molecule has 0 aliphatic heterocycles. The van der Waals surface area contributed by atoms with Gasteiger partial charge in [-0.05, 0) is 24.3 Å². The third-order valence-electron chi connectivity index (χ3n) is 4.17. The second-order valence-corrected chi connectivity index (χ2v) is 6.69. The van der Waals surface area contributed by atoms with Crippen LogP contribution in [0.1, 0.15) is 30.5 Å². The number of halogens is 1. The fourth-order valence-electron chi connectivity index (χ4n) is 2.91. The van der Waals surface area contributed by atoms with E-state index in [1.165, 1.54) is 17.7 Å². The van der Waals surface area contributed by atoms with Gasteiger partial charge in [-0.1, -0.05) is 35.0 Å². The predicted octanol–water partition coefficient (Wildman–Crippen LogP) is 3.48. The molecule has 4 nitrogen and oxygen atoms in total. The summed E-state index contributed by atoms with van der Waals surface area (Å²) in [6.45, 7) is 2.82. The van der Waals surface area contributed by atoms with Crippen LogP contribution in [0.4, 0.5) is 0 Å². The van der Waals surface area contributed by atoms with E-state index >= 15 is 0 Å². The standard InChI is InChI=1S/C19H18BrNO3/c1-2-17(12-3-5-14(20)6-4-12)21-11-13-9-19(23)24-18-10-15(22)7-8-16(13)18/h3-10,17,21-22H,2,11H2,1H3/p+1/t17-/m0/s1. The minimum absolute atomic E-state index is 0.0908. The Hall–Kier alpha value is -2.11. The monoisotopic (exact) mass is 388 g/mol. The molecule has 0 radical (unpaired) electrons. The maximum absolute atomic E-state index is 11.8. The molecule has 2 aromatic carbocycles. The maximum atomic E-state index is 11.8. The van der Waals surface area contributed by atoms with Crippen molar-refractivity contribution in [3.05, 3.63) is 74.6 Å². The number of aromatic hydroxyl groups is 1. The maximum Gasteiger partial charge on any atom is 0.336 e. The molecule has 0 saturated carbocycles. The first kappa shape index (κ1) is 16.7. The van der Waals surface area contributed by atoms with E-state index in [-0.39, 0.29) is 5.75 Å². The zero-order valence-electron chi connectivity index (χ0n) is 13.3. The molecule has 0 fully saturated rings. The Balaban J connectivity index is 1.86. The average Bonchev–Trinajstić information content (AvgIpc) is 2.56. The van der Waals surface area contributed by atoms with Gasteiger partial charge in [-0.25, -0.2) is 4.79 Å². The first-order valence-electron chi connectivity index (χ1n) is 7.91.